The van der Waals surface area contributed by atoms with E-state index in [0.29, 0.717) is 12.3 Å². The molecule has 84 valence electrons. The zero-order chi connectivity index (χ0) is 11.4. The summed E-state index contributed by atoms with van der Waals surface area (Å²) in [5, 5.41) is 4.16. The Morgan fingerprint density at radius 3 is 2.87 bits per heavy atom. The molecule has 0 fully saturated rings. The number of carbonyl (C=O) groups excluding carboxylic acids is 1. The number of hydrogen-bond acceptors (Lipinski definition) is 3. The van der Waals surface area contributed by atoms with Crippen LogP contribution in [-0.2, 0) is 11.2 Å². The van der Waals surface area contributed by atoms with Crippen molar-refractivity contribution in [1.82, 2.24) is 9.78 Å². The second-order valence-electron chi connectivity index (χ2n) is 3.49. The first-order valence-corrected chi connectivity index (χ1v) is 4.97. The van der Waals surface area contributed by atoms with Crippen molar-refractivity contribution in [2.75, 3.05) is 13.7 Å². The van der Waals surface area contributed by atoms with Crippen LogP contribution in [0.25, 0.3) is 0 Å². The number of ether oxygens (including phenoxy) is 1. The quantitative estimate of drug-likeness (QED) is 0.781. The zero-order valence-corrected chi connectivity index (χ0v) is 9.36. The van der Waals surface area contributed by atoms with Gasteiger partial charge in [0.1, 0.15) is 5.69 Å². The summed E-state index contributed by atoms with van der Waals surface area (Å²) in [7, 11) is 1.64. The van der Waals surface area contributed by atoms with Crippen molar-refractivity contribution in [3.8, 4) is 0 Å². The van der Waals surface area contributed by atoms with E-state index in [0.717, 1.165) is 12.1 Å². The summed E-state index contributed by atoms with van der Waals surface area (Å²) in [5.74, 6) is -0.493. The summed E-state index contributed by atoms with van der Waals surface area (Å²) in [6, 6.07) is 1.84. The standard InChI is InChI=1S/C10H17N3O2/c1-4-8-5-9(10(11)14)12-13(8)7(2)6-15-3/h5,7H,4,6H2,1-3H3,(H2,11,14). The van der Waals surface area contributed by atoms with Gasteiger partial charge in [0.25, 0.3) is 5.91 Å². The number of aromatic nitrogens is 2. The molecule has 1 aromatic heterocycles. The third kappa shape index (κ3) is 2.56. The normalized spacial score (nSPS) is 12.7. The van der Waals surface area contributed by atoms with Crippen LogP contribution in [0.15, 0.2) is 6.07 Å². The lowest BCUT2D eigenvalue weighted by atomic mass is 10.2. The van der Waals surface area contributed by atoms with Crippen molar-refractivity contribution >= 4 is 5.91 Å². The minimum atomic E-state index is -0.493. The second kappa shape index (κ2) is 4.93. The number of nitrogens with two attached hydrogens (primary N) is 1. The smallest absolute Gasteiger partial charge is 0.269 e. The maximum absolute atomic E-state index is 11.0. The van der Waals surface area contributed by atoms with Crippen LogP contribution >= 0.6 is 0 Å². The van der Waals surface area contributed by atoms with E-state index in [1.54, 1.807) is 17.9 Å². The molecule has 0 saturated heterocycles. The molecule has 1 rings (SSSR count). The van der Waals surface area contributed by atoms with E-state index in [-0.39, 0.29) is 6.04 Å². The number of primary amides is 1. The largest absolute Gasteiger partial charge is 0.382 e. The predicted octanol–water partition coefficient (Wildman–Crippen LogP) is 0.752. The lowest BCUT2D eigenvalue weighted by Crippen LogP contribution is -2.17. The Bertz CT molecular complexity index is 346. The van der Waals surface area contributed by atoms with E-state index in [9.17, 15) is 4.79 Å². The predicted molar refractivity (Wildman–Crippen MR) is 56.7 cm³/mol. The monoisotopic (exact) mass is 211 g/mol. The maximum Gasteiger partial charge on any atom is 0.269 e. The molecule has 5 heteroatoms. The van der Waals surface area contributed by atoms with Crippen molar-refractivity contribution in [2.24, 2.45) is 5.73 Å². The third-order valence-electron chi connectivity index (χ3n) is 2.25. The molecule has 0 aliphatic rings. The highest BCUT2D eigenvalue weighted by Gasteiger charge is 2.14. The minimum Gasteiger partial charge on any atom is -0.382 e. The number of carbonyl (C=O) groups is 1. The van der Waals surface area contributed by atoms with Gasteiger partial charge in [-0.1, -0.05) is 6.92 Å². The molecule has 1 heterocycles. The van der Waals surface area contributed by atoms with Gasteiger partial charge in [0.2, 0.25) is 0 Å². The molecule has 1 atom stereocenters. The van der Waals surface area contributed by atoms with Gasteiger partial charge in [-0.15, -0.1) is 0 Å². The molecular weight excluding hydrogens is 194 g/mol. The zero-order valence-electron chi connectivity index (χ0n) is 9.36. The van der Waals surface area contributed by atoms with Crippen LogP contribution in [0.3, 0.4) is 0 Å². The molecule has 1 amide bonds. The Morgan fingerprint density at radius 2 is 2.40 bits per heavy atom. The summed E-state index contributed by atoms with van der Waals surface area (Å²) in [6.07, 6.45) is 0.814. The van der Waals surface area contributed by atoms with E-state index in [1.165, 1.54) is 0 Å². The number of methoxy groups -OCH3 is 1. The Labute approximate surface area is 89.2 Å². The van der Waals surface area contributed by atoms with Gasteiger partial charge in [-0.2, -0.15) is 5.10 Å². The van der Waals surface area contributed by atoms with E-state index >= 15 is 0 Å². The number of rotatable bonds is 5. The Kier molecular flexibility index (Phi) is 3.85. The fourth-order valence-electron chi connectivity index (χ4n) is 1.51. The molecule has 15 heavy (non-hydrogen) atoms. The van der Waals surface area contributed by atoms with Crippen LogP contribution < -0.4 is 5.73 Å². The summed E-state index contributed by atoms with van der Waals surface area (Å²) in [5.41, 5.74) is 6.49. The molecule has 2 N–H and O–H groups in total. The number of hydrogen-bond donors (Lipinski definition) is 1. The maximum atomic E-state index is 11.0. The van der Waals surface area contributed by atoms with Gasteiger partial charge in [0.15, 0.2) is 0 Å². The molecule has 0 spiro atoms. The highest BCUT2D eigenvalue weighted by molar-refractivity contribution is 5.90. The highest BCUT2D eigenvalue weighted by atomic mass is 16.5. The van der Waals surface area contributed by atoms with Crippen LogP contribution in [0.4, 0.5) is 0 Å². The molecule has 1 aromatic rings. The molecule has 1 unspecified atom stereocenters. The van der Waals surface area contributed by atoms with Gasteiger partial charge in [-0.3, -0.25) is 9.48 Å². The number of aryl methyl sites for hydroxylation is 1. The van der Waals surface area contributed by atoms with Crippen LogP contribution in [0, 0.1) is 0 Å². The van der Waals surface area contributed by atoms with Gasteiger partial charge in [0, 0.05) is 12.8 Å². The van der Waals surface area contributed by atoms with Gasteiger partial charge in [-0.25, -0.2) is 0 Å². The van der Waals surface area contributed by atoms with Crippen LogP contribution in [0.2, 0.25) is 0 Å². The number of amides is 1. The van der Waals surface area contributed by atoms with Gasteiger partial charge >= 0.3 is 0 Å². The highest BCUT2D eigenvalue weighted by Crippen LogP contribution is 2.12. The second-order valence-corrected chi connectivity index (χ2v) is 3.49. The summed E-state index contributed by atoms with van der Waals surface area (Å²) >= 11 is 0. The lowest BCUT2D eigenvalue weighted by molar-refractivity contribution is 0.0993. The van der Waals surface area contributed by atoms with Crippen molar-refractivity contribution in [1.29, 1.82) is 0 Å². The summed E-state index contributed by atoms with van der Waals surface area (Å²) in [6.45, 7) is 4.56. The summed E-state index contributed by atoms with van der Waals surface area (Å²) in [4.78, 5) is 11.0. The van der Waals surface area contributed by atoms with Gasteiger partial charge < -0.3 is 10.5 Å². The van der Waals surface area contributed by atoms with Crippen molar-refractivity contribution < 1.29 is 9.53 Å². The average Bonchev–Trinajstić information content (AvgIpc) is 2.61. The first kappa shape index (κ1) is 11.7. The van der Waals surface area contributed by atoms with E-state index in [1.807, 2.05) is 13.8 Å². The number of nitrogens with zero attached hydrogens (tertiary/aromatic N) is 2. The average molecular weight is 211 g/mol. The SMILES string of the molecule is CCc1cc(C(N)=O)nn1C(C)COC. The van der Waals surface area contributed by atoms with Gasteiger partial charge in [-0.05, 0) is 19.4 Å². The minimum absolute atomic E-state index is 0.109. The molecular formula is C10H17N3O2. The van der Waals surface area contributed by atoms with Crippen LogP contribution in [0.5, 0.6) is 0 Å². The van der Waals surface area contributed by atoms with Crippen LogP contribution in [-0.4, -0.2) is 29.4 Å². The van der Waals surface area contributed by atoms with Crippen molar-refractivity contribution in [3.63, 3.8) is 0 Å². The van der Waals surface area contributed by atoms with E-state index in [2.05, 4.69) is 5.10 Å². The molecule has 0 saturated carbocycles. The lowest BCUT2D eigenvalue weighted by Gasteiger charge is -2.13. The molecule has 0 aliphatic carbocycles. The Balaban J connectivity index is 2.99. The molecule has 0 bridgehead atoms. The third-order valence-corrected chi connectivity index (χ3v) is 2.25. The first-order chi connectivity index (χ1) is 7.10. The fourth-order valence-corrected chi connectivity index (χ4v) is 1.51. The Morgan fingerprint density at radius 1 is 1.73 bits per heavy atom. The first-order valence-electron chi connectivity index (χ1n) is 4.97. The van der Waals surface area contributed by atoms with Crippen molar-refractivity contribution in [2.45, 2.75) is 26.3 Å². The molecule has 0 radical (unpaired) electrons. The summed E-state index contributed by atoms with van der Waals surface area (Å²) < 4.78 is 6.85. The van der Waals surface area contributed by atoms with E-state index in [4.69, 9.17) is 10.5 Å². The topological polar surface area (TPSA) is 70.1 Å². The van der Waals surface area contributed by atoms with Crippen LogP contribution in [0.1, 0.15) is 36.1 Å². The fraction of sp³-hybridized carbons (Fsp3) is 0.600. The van der Waals surface area contributed by atoms with Crippen molar-refractivity contribution in [3.05, 3.63) is 17.5 Å². The van der Waals surface area contributed by atoms with E-state index < -0.39 is 5.91 Å². The molecule has 0 aromatic carbocycles. The molecule has 0 aliphatic heterocycles. The van der Waals surface area contributed by atoms with Gasteiger partial charge in [0.05, 0.1) is 12.6 Å². The Hall–Kier alpha value is -1.36. The molecule has 5 nitrogen and oxygen atoms in total.